The Labute approximate surface area is 97.3 Å². The molecule has 8 heteroatoms. The van der Waals surface area contributed by atoms with Crippen LogP contribution in [0.15, 0.2) is 41.8 Å². The first-order valence-electron chi connectivity index (χ1n) is 4.54. The highest BCUT2D eigenvalue weighted by Crippen LogP contribution is 2.11. The lowest BCUT2D eigenvalue weighted by atomic mass is 10.3. The third kappa shape index (κ3) is 2.95. The SMILES string of the molecule is O=S(=O)(O)c1ncnc(Nc2ccccc2)n1. The van der Waals surface area contributed by atoms with Crippen molar-refractivity contribution < 1.29 is 13.0 Å². The van der Waals surface area contributed by atoms with E-state index in [1.54, 1.807) is 24.3 Å². The minimum absolute atomic E-state index is 0.0406. The van der Waals surface area contributed by atoms with E-state index in [2.05, 4.69) is 20.3 Å². The van der Waals surface area contributed by atoms with Crippen LogP contribution in [0.1, 0.15) is 0 Å². The molecule has 0 spiro atoms. The van der Waals surface area contributed by atoms with E-state index in [9.17, 15) is 8.42 Å². The molecular weight excluding hydrogens is 244 g/mol. The Hall–Kier alpha value is -2.06. The van der Waals surface area contributed by atoms with Crippen LogP contribution in [0.2, 0.25) is 0 Å². The van der Waals surface area contributed by atoms with Crippen LogP contribution in [0, 0.1) is 0 Å². The van der Waals surface area contributed by atoms with Crippen LogP contribution in [-0.4, -0.2) is 27.9 Å². The zero-order valence-electron chi connectivity index (χ0n) is 8.48. The van der Waals surface area contributed by atoms with Crippen molar-refractivity contribution >= 4 is 21.8 Å². The quantitative estimate of drug-likeness (QED) is 0.780. The van der Waals surface area contributed by atoms with Gasteiger partial charge in [-0.15, -0.1) is 0 Å². The number of hydrogen-bond donors (Lipinski definition) is 2. The van der Waals surface area contributed by atoms with Crippen LogP contribution in [0.4, 0.5) is 11.6 Å². The lowest BCUT2D eigenvalue weighted by Gasteiger charge is -2.03. The minimum atomic E-state index is -4.42. The van der Waals surface area contributed by atoms with Crippen LogP contribution in [0.25, 0.3) is 0 Å². The number of nitrogens with one attached hydrogen (secondary N) is 1. The molecule has 0 saturated heterocycles. The molecule has 0 amide bonds. The molecule has 0 radical (unpaired) electrons. The van der Waals surface area contributed by atoms with Gasteiger partial charge in [-0.05, 0) is 12.1 Å². The molecule has 0 saturated carbocycles. The molecule has 0 bridgehead atoms. The average Bonchev–Trinajstić information content (AvgIpc) is 2.29. The summed E-state index contributed by atoms with van der Waals surface area (Å²) in [7, 11) is -4.42. The van der Waals surface area contributed by atoms with E-state index < -0.39 is 15.3 Å². The van der Waals surface area contributed by atoms with Crippen molar-refractivity contribution in [1.29, 1.82) is 0 Å². The Morgan fingerprint density at radius 2 is 1.82 bits per heavy atom. The number of aromatic nitrogens is 3. The highest BCUT2D eigenvalue weighted by molar-refractivity contribution is 7.85. The van der Waals surface area contributed by atoms with Gasteiger partial charge in [-0.2, -0.15) is 13.4 Å². The van der Waals surface area contributed by atoms with E-state index in [0.717, 1.165) is 6.33 Å². The average molecular weight is 252 g/mol. The maximum atomic E-state index is 10.8. The Morgan fingerprint density at radius 3 is 2.47 bits per heavy atom. The van der Waals surface area contributed by atoms with Gasteiger partial charge in [-0.3, -0.25) is 4.55 Å². The van der Waals surface area contributed by atoms with Gasteiger partial charge in [0.25, 0.3) is 5.16 Å². The summed E-state index contributed by atoms with van der Waals surface area (Å²) in [5, 5.41) is 2.09. The van der Waals surface area contributed by atoms with Crippen molar-refractivity contribution in [2.75, 3.05) is 5.32 Å². The zero-order valence-corrected chi connectivity index (χ0v) is 9.29. The van der Waals surface area contributed by atoms with E-state index in [-0.39, 0.29) is 5.95 Å². The highest BCUT2D eigenvalue weighted by atomic mass is 32.2. The molecule has 0 aliphatic carbocycles. The molecule has 2 aromatic rings. The van der Waals surface area contributed by atoms with Crippen molar-refractivity contribution in [3.8, 4) is 0 Å². The molecule has 1 aromatic heterocycles. The topological polar surface area (TPSA) is 105 Å². The summed E-state index contributed by atoms with van der Waals surface area (Å²) < 4.78 is 30.4. The molecule has 1 heterocycles. The molecule has 2 N–H and O–H groups in total. The third-order valence-corrected chi connectivity index (χ3v) is 2.47. The lowest BCUT2D eigenvalue weighted by molar-refractivity contribution is 0.473. The van der Waals surface area contributed by atoms with Gasteiger partial charge in [0.15, 0.2) is 0 Å². The second-order valence-electron chi connectivity index (χ2n) is 3.06. The minimum Gasteiger partial charge on any atom is -0.324 e. The van der Waals surface area contributed by atoms with Gasteiger partial charge in [0, 0.05) is 5.69 Å². The molecule has 2 rings (SSSR count). The van der Waals surface area contributed by atoms with Crippen LogP contribution in [-0.2, 0) is 10.1 Å². The van der Waals surface area contributed by atoms with Gasteiger partial charge in [-0.25, -0.2) is 9.97 Å². The summed E-state index contributed by atoms with van der Waals surface area (Å²) >= 11 is 0. The number of nitrogens with zero attached hydrogens (tertiary/aromatic N) is 3. The van der Waals surface area contributed by atoms with Crippen LogP contribution in [0.3, 0.4) is 0 Å². The first kappa shape index (κ1) is 11.4. The van der Waals surface area contributed by atoms with E-state index in [4.69, 9.17) is 4.55 Å². The fraction of sp³-hybridized carbons (Fsp3) is 0. The summed E-state index contributed by atoms with van der Waals surface area (Å²) in [4.78, 5) is 10.7. The van der Waals surface area contributed by atoms with Crippen molar-refractivity contribution in [2.45, 2.75) is 5.16 Å². The molecule has 1 aromatic carbocycles. The number of para-hydroxylation sites is 1. The molecule has 0 unspecified atom stereocenters. The van der Waals surface area contributed by atoms with Crippen LogP contribution in [0.5, 0.6) is 0 Å². The molecule has 17 heavy (non-hydrogen) atoms. The number of hydrogen-bond acceptors (Lipinski definition) is 6. The van der Waals surface area contributed by atoms with Gasteiger partial charge >= 0.3 is 10.1 Å². The van der Waals surface area contributed by atoms with E-state index >= 15 is 0 Å². The van der Waals surface area contributed by atoms with E-state index in [1.165, 1.54) is 0 Å². The summed E-state index contributed by atoms with van der Waals surface area (Å²) in [6.45, 7) is 0. The molecule has 0 aliphatic heterocycles. The van der Waals surface area contributed by atoms with Crippen molar-refractivity contribution in [3.05, 3.63) is 36.7 Å². The van der Waals surface area contributed by atoms with Crippen molar-refractivity contribution in [1.82, 2.24) is 15.0 Å². The van der Waals surface area contributed by atoms with Crippen molar-refractivity contribution in [3.63, 3.8) is 0 Å². The molecule has 0 fully saturated rings. The standard InChI is InChI=1S/C9H8N4O3S/c14-17(15,16)9-11-6-10-8(13-9)12-7-4-2-1-3-5-7/h1-6H,(H,14,15,16)(H,10,11,12,13). The lowest BCUT2D eigenvalue weighted by Crippen LogP contribution is -2.07. The third-order valence-electron chi connectivity index (χ3n) is 1.81. The van der Waals surface area contributed by atoms with Crippen molar-refractivity contribution in [2.24, 2.45) is 0 Å². The van der Waals surface area contributed by atoms with Crippen LogP contribution < -0.4 is 5.32 Å². The van der Waals surface area contributed by atoms with E-state index in [0.29, 0.717) is 5.69 Å². The second-order valence-corrected chi connectivity index (χ2v) is 4.37. The normalized spacial score (nSPS) is 11.1. The molecule has 88 valence electrons. The van der Waals surface area contributed by atoms with Gasteiger partial charge < -0.3 is 5.32 Å². The monoisotopic (exact) mass is 252 g/mol. The smallest absolute Gasteiger partial charge is 0.324 e. The first-order valence-corrected chi connectivity index (χ1v) is 5.98. The molecular formula is C9H8N4O3S. The Bertz CT molecular complexity index is 615. The zero-order chi connectivity index (χ0) is 12.3. The van der Waals surface area contributed by atoms with Gasteiger partial charge in [0.05, 0.1) is 0 Å². The largest absolute Gasteiger partial charge is 0.330 e. The summed E-state index contributed by atoms with van der Waals surface area (Å²) in [5.74, 6) is 0.0406. The van der Waals surface area contributed by atoms with E-state index in [1.807, 2.05) is 6.07 Å². The summed E-state index contributed by atoms with van der Waals surface area (Å²) in [6, 6.07) is 8.95. The molecule has 7 nitrogen and oxygen atoms in total. The highest BCUT2D eigenvalue weighted by Gasteiger charge is 2.14. The Morgan fingerprint density at radius 1 is 1.12 bits per heavy atom. The maximum Gasteiger partial charge on any atom is 0.330 e. The van der Waals surface area contributed by atoms with Crippen LogP contribution >= 0.6 is 0 Å². The second kappa shape index (κ2) is 4.44. The Balaban J connectivity index is 2.29. The molecule has 0 aliphatic rings. The van der Waals surface area contributed by atoms with Gasteiger partial charge in [0.2, 0.25) is 5.95 Å². The predicted molar refractivity (Wildman–Crippen MR) is 59.4 cm³/mol. The Kier molecular flexibility index (Phi) is 2.98. The summed E-state index contributed by atoms with van der Waals surface area (Å²) in [6.07, 6.45) is 1.00. The van der Waals surface area contributed by atoms with Gasteiger partial charge in [-0.1, -0.05) is 18.2 Å². The predicted octanol–water partition coefficient (Wildman–Crippen LogP) is 0.862. The summed E-state index contributed by atoms with van der Waals surface area (Å²) in [5.41, 5.74) is 0.694. The fourth-order valence-corrected chi connectivity index (χ4v) is 1.50. The number of anilines is 2. The fourth-order valence-electron chi connectivity index (χ4n) is 1.12. The number of benzene rings is 1. The number of rotatable bonds is 3. The molecule has 0 atom stereocenters. The maximum absolute atomic E-state index is 10.8. The first-order chi connectivity index (χ1) is 8.05. The van der Waals surface area contributed by atoms with Gasteiger partial charge in [0.1, 0.15) is 6.33 Å².